The smallest absolute Gasteiger partial charge is 0.409 e. The predicted octanol–water partition coefficient (Wildman–Crippen LogP) is -1.00. The predicted molar refractivity (Wildman–Crippen MR) is 175 cm³/mol. The van der Waals surface area contributed by atoms with Crippen LogP contribution in [0.5, 0.6) is 5.75 Å². The molecular weight excluding hydrogens is 591 g/mol. The van der Waals surface area contributed by atoms with Gasteiger partial charge >= 0.3 is 6.09 Å². The monoisotopic (exact) mass is 627 g/mol. The van der Waals surface area contributed by atoms with Crippen molar-refractivity contribution in [3.63, 3.8) is 0 Å². The normalized spacial score (nSPS) is 19.4. The van der Waals surface area contributed by atoms with E-state index in [1.807, 2.05) is 29.6 Å². The Bertz CT molecular complexity index is 1630. The molecule has 15 nitrogen and oxygen atoms in total. The molecule has 3 amide bonds. The van der Waals surface area contributed by atoms with E-state index in [1.54, 1.807) is 23.1 Å². The van der Waals surface area contributed by atoms with Gasteiger partial charge in [-0.1, -0.05) is 11.2 Å². The first-order valence-corrected chi connectivity index (χ1v) is 15.3. The number of carbonyl (C=O) groups is 3. The third kappa shape index (κ3) is 6.96. The van der Waals surface area contributed by atoms with Crippen molar-refractivity contribution in [3.05, 3.63) is 35.8 Å². The summed E-state index contributed by atoms with van der Waals surface area (Å²) in [5, 5.41) is 20.9. The summed E-state index contributed by atoms with van der Waals surface area (Å²) in [4.78, 5) is 46.2. The van der Waals surface area contributed by atoms with Gasteiger partial charge in [0.05, 0.1) is 37.7 Å². The molecule has 3 aliphatic rings. The molecule has 1 saturated carbocycles. The van der Waals surface area contributed by atoms with E-state index >= 15 is 0 Å². The number of rotatable bonds is 10. The van der Waals surface area contributed by atoms with Crippen LogP contribution in [0.3, 0.4) is 0 Å². The second-order valence-electron chi connectivity index (χ2n) is 13.1. The number of ether oxygens (including phenoxy) is 2. The summed E-state index contributed by atoms with van der Waals surface area (Å²) in [7, 11) is 8.55. The van der Waals surface area contributed by atoms with Gasteiger partial charge in [-0.15, -0.1) is 10.2 Å². The quantitative estimate of drug-likeness (QED) is 0.234. The Balaban J connectivity index is 1.20. The van der Waals surface area contributed by atoms with Crippen LogP contribution in [0, 0.1) is 17.8 Å². The number of anilines is 3. The molecule has 46 heavy (non-hydrogen) atoms. The molecule has 0 bridgehead atoms. The molecule has 2 saturated heterocycles. The molecule has 0 radical (unpaired) electrons. The molecule has 0 spiro atoms. The van der Waals surface area contributed by atoms with Gasteiger partial charge in [0.2, 0.25) is 5.91 Å². The lowest BCUT2D eigenvalue weighted by Crippen LogP contribution is -2.50. The molecule has 6 rings (SSSR count). The number of methoxy groups -OCH3 is 2. The van der Waals surface area contributed by atoms with Crippen LogP contribution in [0.15, 0.2) is 28.8 Å². The standard InChI is InChI=1S/C28H36B3N9O6/c1-44-23-17(26-34-21(38-46-26)13-39-9-15-11-40(27(43)45-2)12-16(15)10-39)4-3-5-18(23)32-19-8-20(33-24(41)14-6-7-14)36-37-22(19)25(42)35-28(29,30)31/h3-5,8,14-16H,6-7,9-13,29-31H2,1-2H3,(H,35,42)(H2,32,33,36,41). The fourth-order valence-corrected chi connectivity index (χ4v) is 5.98. The van der Waals surface area contributed by atoms with Gasteiger partial charge in [0.1, 0.15) is 23.5 Å². The van der Waals surface area contributed by atoms with Crippen molar-refractivity contribution in [2.75, 3.05) is 51.0 Å². The van der Waals surface area contributed by atoms with Crippen molar-refractivity contribution in [1.29, 1.82) is 0 Å². The van der Waals surface area contributed by atoms with Crippen LogP contribution in [0.4, 0.5) is 22.0 Å². The van der Waals surface area contributed by atoms with Crippen molar-refractivity contribution in [1.82, 2.24) is 35.5 Å². The summed E-state index contributed by atoms with van der Waals surface area (Å²) in [6.45, 7) is 3.55. The first-order valence-electron chi connectivity index (χ1n) is 15.3. The molecule has 4 heterocycles. The number of amides is 3. The van der Waals surface area contributed by atoms with E-state index in [4.69, 9.17) is 14.0 Å². The minimum atomic E-state index is -0.514. The van der Waals surface area contributed by atoms with Gasteiger partial charge in [-0.2, -0.15) is 4.98 Å². The van der Waals surface area contributed by atoms with Gasteiger partial charge in [0.25, 0.3) is 11.8 Å². The number of hydrogen-bond acceptors (Lipinski definition) is 12. The highest BCUT2D eigenvalue weighted by Gasteiger charge is 2.42. The minimum Gasteiger partial charge on any atom is -0.494 e. The van der Waals surface area contributed by atoms with E-state index in [9.17, 15) is 14.4 Å². The van der Waals surface area contributed by atoms with E-state index in [0.717, 1.165) is 25.9 Å². The van der Waals surface area contributed by atoms with Crippen LogP contribution in [-0.4, -0.2) is 117 Å². The number of carbonyl (C=O) groups excluding carboxylic acids is 3. The largest absolute Gasteiger partial charge is 0.494 e. The highest BCUT2D eigenvalue weighted by atomic mass is 16.5. The number of para-hydroxylation sites is 1. The molecule has 238 valence electrons. The maximum Gasteiger partial charge on any atom is 0.409 e. The zero-order valence-corrected chi connectivity index (χ0v) is 26.6. The second kappa shape index (κ2) is 12.7. The highest BCUT2D eigenvalue weighted by Crippen LogP contribution is 2.38. The number of fused-ring (bicyclic) bond motifs is 1. The molecule has 1 aromatic carbocycles. The SMILES string of the molecule is BC(B)(B)NC(=O)c1nnc(NC(=O)C2CC2)cc1Nc1cccc(-c2nc(CN3CC4CN(C(=O)OC)CC4C3)no2)c1OC. The fraction of sp³-hybridized carbons (Fsp3) is 0.464. The summed E-state index contributed by atoms with van der Waals surface area (Å²) in [6.07, 6.45) is 1.40. The summed E-state index contributed by atoms with van der Waals surface area (Å²) < 4.78 is 16.4. The summed E-state index contributed by atoms with van der Waals surface area (Å²) in [5.41, 5.74) is 1.45. The Morgan fingerprint density at radius 2 is 1.78 bits per heavy atom. The molecule has 2 aromatic heterocycles. The molecule has 3 fully saturated rings. The van der Waals surface area contributed by atoms with Gasteiger partial charge in [0.15, 0.2) is 23.1 Å². The number of likely N-dealkylation sites (tertiary alicyclic amines) is 2. The van der Waals surface area contributed by atoms with Crippen LogP contribution in [0.25, 0.3) is 11.5 Å². The van der Waals surface area contributed by atoms with Crippen LogP contribution in [0.2, 0.25) is 0 Å². The van der Waals surface area contributed by atoms with Crippen molar-refractivity contribution < 1.29 is 28.4 Å². The van der Waals surface area contributed by atoms with E-state index in [1.165, 1.54) is 14.2 Å². The molecule has 2 atom stereocenters. The molecule has 2 aliphatic heterocycles. The Kier molecular flexibility index (Phi) is 8.64. The second-order valence-corrected chi connectivity index (χ2v) is 13.1. The Labute approximate surface area is 268 Å². The first kappa shape index (κ1) is 31.4. The fourth-order valence-electron chi connectivity index (χ4n) is 5.98. The molecule has 3 aromatic rings. The van der Waals surface area contributed by atoms with Crippen LogP contribution in [0.1, 0.15) is 29.2 Å². The number of aromatic nitrogens is 4. The minimum absolute atomic E-state index is 0.0276. The lowest BCUT2D eigenvalue weighted by atomic mass is 9.49. The van der Waals surface area contributed by atoms with E-state index < -0.39 is 11.1 Å². The van der Waals surface area contributed by atoms with E-state index in [0.29, 0.717) is 60.0 Å². The van der Waals surface area contributed by atoms with Gasteiger partial charge in [-0.05, 0) is 42.0 Å². The lowest BCUT2D eigenvalue weighted by Gasteiger charge is -2.21. The van der Waals surface area contributed by atoms with Crippen molar-refractivity contribution >= 4 is 58.6 Å². The van der Waals surface area contributed by atoms with Crippen molar-refractivity contribution in [3.8, 4) is 17.2 Å². The number of nitrogens with one attached hydrogen (secondary N) is 3. The third-order valence-electron chi connectivity index (χ3n) is 8.24. The van der Waals surface area contributed by atoms with E-state index in [-0.39, 0.29) is 35.3 Å². The Hall–Kier alpha value is -4.60. The average Bonchev–Trinajstić information content (AvgIpc) is 3.47. The maximum absolute atomic E-state index is 13.2. The zero-order valence-electron chi connectivity index (χ0n) is 26.6. The number of hydrogen-bond donors (Lipinski definition) is 3. The van der Waals surface area contributed by atoms with Gasteiger partial charge in [-0.25, -0.2) is 4.79 Å². The van der Waals surface area contributed by atoms with Gasteiger partial charge in [0, 0.05) is 38.2 Å². The summed E-state index contributed by atoms with van der Waals surface area (Å²) in [5.74, 6) is 1.65. The molecule has 2 unspecified atom stereocenters. The van der Waals surface area contributed by atoms with Gasteiger partial charge in [-0.3, -0.25) is 14.5 Å². The van der Waals surface area contributed by atoms with Crippen LogP contribution < -0.4 is 20.7 Å². The average molecular weight is 627 g/mol. The topological polar surface area (TPSA) is 177 Å². The van der Waals surface area contributed by atoms with Gasteiger partial charge < -0.3 is 34.8 Å². The lowest BCUT2D eigenvalue weighted by molar-refractivity contribution is -0.117. The summed E-state index contributed by atoms with van der Waals surface area (Å²) >= 11 is 0. The number of benzene rings is 1. The first-order chi connectivity index (χ1) is 22.0. The summed E-state index contributed by atoms with van der Waals surface area (Å²) in [6, 6.07) is 6.98. The molecule has 18 heteroatoms. The number of nitrogens with zero attached hydrogens (tertiary/aromatic N) is 6. The van der Waals surface area contributed by atoms with E-state index in [2.05, 4.69) is 41.2 Å². The third-order valence-corrected chi connectivity index (χ3v) is 8.24. The molecular formula is C28H36B3N9O6. The zero-order chi connectivity index (χ0) is 32.6. The molecule has 1 aliphatic carbocycles. The molecule has 3 N–H and O–H groups in total. The highest BCUT2D eigenvalue weighted by molar-refractivity contribution is 6.60. The van der Waals surface area contributed by atoms with Crippen LogP contribution in [-0.2, 0) is 16.1 Å². The Morgan fingerprint density at radius 1 is 1.04 bits per heavy atom. The van der Waals surface area contributed by atoms with Crippen molar-refractivity contribution in [2.24, 2.45) is 17.8 Å². The maximum atomic E-state index is 13.2. The van der Waals surface area contributed by atoms with Crippen LogP contribution >= 0.6 is 0 Å². The van der Waals surface area contributed by atoms with Crippen molar-refractivity contribution in [2.45, 2.75) is 24.6 Å². The Morgan fingerprint density at radius 3 is 2.43 bits per heavy atom.